The first-order chi connectivity index (χ1) is 14.6. The number of aryl methyl sites for hydroxylation is 1. The molecule has 0 unspecified atom stereocenters. The van der Waals surface area contributed by atoms with Crippen LogP contribution in [0.1, 0.15) is 12.0 Å². The SMILES string of the molecule is N#CCCn1cc(C=Nn2c(=O)[nH]c3ccccc3c2=O)c(-c2cccc(Cl)c2)n1. The van der Waals surface area contributed by atoms with Gasteiger partial charge in [0.15, 0.2) is 0 Å². The van der Waals surface area contributed by atoms with E-state index < -0.39 is 11.2 Å². The number of H-pyrrole nitrogens is 1. The van der Waals surface area contributed by atoms with E-state index in [1.54, 1.807) is 53.3 Å². The summed E-state index contributed by atoms with van der Waals surface area (Å²) >= 11 is 6.11. The summed E-state index contributed by atoms with van der Waals surface area (Å²) in [4.78, 5) is 27.7. The number of halogens is 1. The van der Waals surface area contributed by atoms with Gasteiger partial charge in [-0.2, -0.15) is 15.5 Å². The zero-order valence-electron chi connectivity index (χ0n) is 15.6. The summed E-state index contributed by atoms with van der Waals surface area (Å²) in [6.45, 7) is 0.397. The van der Waals surface area contributed by atoms with Gasteiger partial charge in [-0.1, -0.05) is 35.9 Å². The van der Waals surface area contributed by atoms with Gasteiger partial charge >= 0.3 is 5.69 Å². The van der Waals surface area contributed by atoms with E-state index in [2.05, 4.69) is 21.3 Å². The van der Waals surface area contributed by atoms with Crippen molar-refractivity contribution >= 4 is 28.7 Å². The Morgan fingerprint density at radius 3 is 2.83 bits per heavy atom. The van der Waals surface area contributed by atoms with Crippen LogP contribution in [0.4, 0.5) is 0 Å². The number of fused-ring (bicyclic) bond motifs is 1. The molecule has 0 saturated carbocycles. The van der Waals surface area contributed by atoms with E-state index in [1.165, 1.54) is 6.21 Å². The highest BCUT2D eigenvalue weighted by molar-refractivity contribution is 6.30. The molecular weight excluding hydrogens is 404 g/mol. The number of nitrogens with zero attached hydrogens (tertiary/aromatic N) is 5. The number of rotatable bonds is 5. The van der Waals surface area contributed by atoms with Crippen LogP contribution < -0.4 is 11.2 Å². The largest absolute Gasteiger partial charge is 0.349 e. The molecule has 2 heterocycles. The lowest BCUT2D eigenvalue weighted by atomic mass is 10.1. The fourth-order valence-electron chi connectivity index (χ4n) is 3.05. The Kier molecular flexibility index (Phi) is 5.28. The number of benzene rings is 2. The third kappa shape index (κ3) is 3.79. The minimum Gasteiger partial charge on any atom is -0.305 e. The first kappa shape index (κ1) is 19.4. The van der Waals surface area contributed by atoms with E-state index >= 15 is 0 Å². The first-order valence-corrected chi connectivity index (χ1v) is 9.43. The van der Waals surface area contributed by atoms with Crippen LogP contribution in [0.3, 0.4) is 0 Å². The average molecular weight is 419 g/mol. The Bertz CT molecular complexity index is 1420. The molecule has 2 aromatic carbocycles. The fourth-order valence-corrected chi connectivity index (χ4v) is 3.24. The maximum atomic E-state index is 12.7. The molecule has 4 rings (SSSR count). The molecule has 0 aliphatic heterocycles. The maximum Gasteiger partial charge on any atom is 0.349 e. The zero-order chi connectivity index (χ0) is 21.1. The number of nitrogens with one attached hydrogen (secondary N) is 1. The van der Waals surface area contributed by atoms with E-state index in [0.29, 0.717) is 33.7 Å². The van der Waals surface area contributed by atoms with Crippen LogP contribution in [-0.4, -0.2) is 25.7 Å². The van der Waals surface area contributed by atoms with Crippen molar-refractivity contribution in [2.75, 3.05) is 0 Å². The zero-order valence-corrected chi connectivity index (χ0v) is 16.4. The molecule has 0 fully saturated rings. The molecule has 0 aliphatic rings. The van der Waals surface area contributed by atoms with Crippen molar-refractivity contribution in [3.05, 3.63) is 86.2 Å². The molecule has 0 atom stereocenters. The standard InChI is InChI=1S/C21H15ClN6O2/c22-16-6-3-5-14(11-16)19-15(13-27(26-19)10-4-9-23)12-24-28-20(29)17-7-1-2-8-18(17)25-21(28)30/h1-3,5-8,11-13H,4,10H2,(H,25,30). The molecule has 0 bridgehead atoms. The summed E-state index contributed by atoms with van der Waals surface area (Å²) in [5.74, 6) is 0. The van der Waals surface area contributed by atoms with Crippen molar-refractivity contribution in [3.63, 3.8) is 0 Å². The molecule has 0 spiro atoms. The lowest BCUT2D eigenvalue weighted by molar-refractivity contribution is 0.629. The molecule has 2 aromatic heterocycles. The second kappa shape index (κ2) is 8.19. The van der Waals surface area contributed by atoms with Crippen LogP contribution in [0, 0.1) is 11.3 Å². The van der Waals surface area contributed by atoms with Gasteiger partial charge in [-0.25, -0.2) is 4.79 Å². The van der Waals surface area contributed by atoms with E-state index in [4.69, 9.17) is 16.9 Å². The third-order valence-corrected chi connectivity index (χ3v) is 4.67. The minimum absolute atomic E-state index is 0.289. The van der Waals surface area contributed by atoms with Crippen molar-refractivity contribution in [1.29, 1.82) is 5.26 Å². The fraction of sp³-hybridized carbons (Fsp3) is 0.0952. The molecule has 0 radical (unpaired) electrons. The highest BCUT2D eigenvalue weighted by atomic mass is 35.5. The molecule has 30 heavy (non-hydrogen) atoms. The number of hydrogen-bond donors (Lipinski definition) is 1. The maximum absolute atomic E-state index is 12.7. The Morgan fingerprint density at radius 1 is 1.20 bits per heavy atom. The van der Waals surface area contributed by atoms with Gasteiger partial charge in [0.1, 0.15) is 5.69 Å². The van der Waals surface area contributed by atoms with Crippen LogP contribution in [0.15, 0.2) is 69.4 Å². The van der Waals surface area contributed by atoms with Crippen LogP contribution in [0.2, 0.25) is 5.02 Å². The van der Waals surface area contributed by atoms with E-state index in [1.807, 2.05) is 6.07 Å². The highest BCUT2D eigenvalue weighted by Gasteiger charge is 2.12. The molecule has 1 N–H and O–H groups in total. The molecule has 9 heteroatoms. The summed E-state index contributed by atoms with van der Waals surface area (Å²) < 4.78 is 2.39. The average Bonchev–Trinajstić information content (AvgIpc) is 3.15. The van der Waals surface area contributed by atoms with Gasteiger partial charge in [0, 0.05) is 22.3 Å². The van der Waals surface area contributed by atoms with Crippen molar-refractivity contribution in [2.45, 2.75) is 13.0 Å². The monoisotopic (exact) mass is 418 g/mol. The molecule has 0 saturated heterocycles. The van der Waals surface area contributed by atoms with Crippen LogP contribution >= 0.6 is 11.6 Å². The van der Waals surface area contributed by atoms with Gasteiger partial charge in [-0.05, 0) is 24.3 Å². The van der Waals surface area contributed by atoms with Gasteiger partial charge in [-0.15, -0.1) is 4.68 Å². The van der Waals surface area contributed by atoms with E-state index in [-0.39, 0.29) is 6.42 Å². The normalized spacial score (nSPS) is 11.2. The summed E-state index contributed by atoms with van der Waals surface area (Å²) in [6.07, 6.45) is 3.39. The van der Waals surface area contributed by atoms with Crippen molar-refractivity contribution < 1.29 is 0 Å². The first-order valence-electron chi connectivity index (χ1n) is 9.05. The highest BCUT2D eigenvalue weighted by Crippen LogP contribution is 2.24. The Balaban J connectivity index is 1.81. The van der Waals surface area contributed by atoms with Gasteiger partial charge in [-0.3, -0.25) is 9.48 Å². The van der Waals surface area contributed by atoms with Crippen molar-refractivity contribution in [2.24, 2.45) is 5.10 Å². The lowest BCUT2D eigenvalue weighted by Gasteiger charge is -2.01. The minimum atomic E-state index is -0.642. The second-order valence-electron chi connectivity index (χ2n) is 6.45. The summed E-state index contributed by atoms with van der Waals surface area (Å²) in [5, 5.41) is 18.4. The number of aromatic nitrogens is 4. The topological polar surface area (TPSA) is 109 Å². The van der Waals surface area contributed by atoms with Crippen LogP contribution in [-0.2, 0) is 6.54 Å². The predicted molar refractivity (Wildman–Crippen MR) is 115 cm³/mol. The van der Waals surface area contributed by atoms with Gasteiger partial charge in [0.05, 0.1) is 36.2 Å². The number of hydrogen-bond acceptors (Lipinski definition) is 5. The molecule has 4 aromatic rings. The Labute approximate surface area is 175 Å². The quantitative estimate of drug-likeness (QED) is 0.502. The lowest BCUT2D eigenvalue weighted by Crippen LogP contribution is -2.32. The van der Waals surface area contributed by atoms with Crippen LogP contribution in [0.5, 0.6) is 0 Å². The molecular formula is C21H15ClN6O2. The molecule has 0 aliphatic carbocycles. The smallest absolute Gasteiger partial charge is 0.305 e. The van der Waals surface area contributed by atoms with Gasteiger partial charge in [0.25, 0.3) is 5.56 Å². The summed E-state index contributed by atoms with van der Waals surface area (Å²) in [5.41, 5.74) is 1.18. The number of nitriles is 1. The summed E-state index contributed by atoms with van der Waals surface area (Å²) in [6, 6.07) is 15.9. The molecule has 148 valence electrons. The van der Waals surface area contributed by atoms with Gasteiger partial charge < -0.3 is 4.98 Å². The second-order valence-corrected chi connectivity index (χ2v) is 6.89. The van der Waals surface area contributed by atoms with E-state index in [9.17, 15) is 9.59 Å². The predicted octanol–water partition coefficient (Wildman–Crippen LogP) is 3.00. The Morgan fingerprint density at radius 2 is 2.03 bits per heavy atom. The summed E-state index contributed by atoms with van der Waals surface area (Å²) in [7, 11) is 0. The molecule has 0 amide bonds. The number of para-hydroxylation sites is 1. The van der Waals surface area contributed by atoms with Crippen molar-refractivity contribution in [3.8, 4) is 17.3 Å². The van der Waals surface area contributed by atoms with Crippen molar-refractivity contribution in [1.82, 2.24) is 19.4 Å². The Hall–Kier alpha value is -3.96. The van der Waals surface area contributed by atoms with Crippen LogP contribution in [0.25, 0.3) is 22.2 Å². The number of aromatic amines is 1. The molecule has 8 nitrogen and oxygen atoms in total. The van der Waals surface area contributed by atoms with Gasteiger partial charge in [0.2, 0.25) is 0 Å². The van der Waals surface area contributed by atoms with E-state index in [0.717, 1.165) is 10.2 Å². The third-order valence-electron chi connectivity index (χ3n) is 4.44.